The van der Waals surface area contributed by atoms with Crippen LogP contribution in [0.25, 0.3) is 5.57 Å². The van der Waals surface area contributed by atoms with Crippen LogP contribution in [0.3, 0.4) is 0 Å². The molecule has 1 aromatic rings. The number of hydrogen-bond acceptors (Lipinski definition) is 2. The molecule has 0 saturated carbocycles. The third-order valence-corrected chi connectivity index (χ3v) is 5.43. The van der Waals surface area contributed by atoms with Crippen molar-refractivity contribution in [3.05, 3.63) is 39.8 Å². The monoisotopic (exact) mass is 304 g/mol. The van der Waals surface area contributed by atoms with Crippen LogP contribution in [0.15, 0.2) is 30.0 Å². The highest BCUT2D eigenvalue weighted by Gasteiger charge is 2.23. The SMILES string of the molecule is CCCCOC1=C(c2ccc(C(C)(C)C)s2)C(C)CC=C1. The number of rotatable bonds is 5. The zero-order chi connectivity index (χ0) is 15.5. The van der Waals surface area contributed by atoms with E-state index in [0.717, 1.165) is 25.2 Å². The fourth-order valence-electron chi connectivity index (χ4n) is 2.53. The number of unbranched alkanes of at least 4 members (excludes halogenated alkanes) is 1. The van der Waals surface area contributed by atoms with Gasteiger partial charge in [0.15, 0.2) is 0 Å². The van der Waals surface area contributed by atoms with Crippen molar-refractivity contribution in [2.45, 2.75) is 59.3 Å². The maximum atomic E-state index is 6.06. The van der Waals surface area contributed by atoms with Crippen LogP contribution in [0, 0.1) is 5.92 Å². The molecule has 0 aromatic carbocycles. The van der Waals surface area contributed by atoms with Gasteiger partial charge in [0.1, 0.15) is 5.76 Å². The van der Waals surface area contributed by atoms with Crippen LogP contribution in [-0.2, 0) is 10.2 Å². The van der Waals surface area contributed by atoms with Crippen LogP contribution < -0.4 is 0 Å². The summed E-state index contributed by atoms with van der Waals surface area (Å²) in [4.78, 5) is 2.82. The molecule has 1 atom stereocenters. The molecule has 0 fully saturated rings. The van der Waals surface area contributed by atoms with Gasteiger partial charge >= 0.3 is 0 Å². The van der Waals surface area contributed by atoms with Gasteiger partial charge in [-0.15, -0.1) is 11.3 Å². The molecule has 1 heterocycles. The van der Waals surface area contributed by atoms with Gasteiger partial charge in [0.05, 0.1) is 6.61 Å². The molecule has 0 aliphatic heterocycles. The van der Waals surface area contributed by atoms with Crippen molar-refractivity contribution in [1.29, 1.82) is 0 Å². The van der Waals surface area contributed by atoms with E-state index in [1.54, 1.807) is 0 Å². The van der Waals surface area contributed by atoms with Gasteiger partial charge in [0.25, 0.3) is 0 Å². The maximum Gasteiger partial charge on any atom is 0.123 e. The highest BCUT2D eigenvalue weighted by atomic mass is 32.1. The number of hydrogen-bond donors (Lipinski definition) is 0. The Morgan fingerprint density at radius 3 is 2.67 bits per heavy atom. The second-order valence-corrected chi connectivity index (χ2v) is 8.02. The summed E-state index contributed by atoms with van der Waals surface area (Å²) in [5, 5.41) is 0. The molecule has 2 rings (SSSR count). The second-order valence-electron chi connectivity index (χ2n) is 6.93. The average Bonchev–Trinajstić information content (AvgIpc) is 2.88. The third kappa shape index (κ3) is 4.00. The van der Waals surface area contributed by atoms with Gasteiger partial charge in [-0.2, -0.15) is 0 Å². The van der Waals surface area contributed by atoms with Crippen molar-refractivity contribution in [2.75, 3.05) is 6.61 Å². The van der Waals surface area contributed by atoms with Gasteiger partial charge in [-0.25, -0.2) is 0 Å². The summed E-state index contributed by atoms with van der Waals surface area (Å²) in [6, 6.07) is 4.56. The normalized spacial score (nSPS) is 19.2. The molecule has 1 nitrogen and oxygen atoms in total. The number of allylic oxidation sites excluding steroid dienone is 3. The molecule has 0 bridgehead atoms. The molecule has 0 spiro atoms. The minimum atomic E-state index is 0.223. The first-order valence-corrected chi connectivity index (χ1v) is 8.89. The van der Waals surface area contributed by atoms with Crippen LogP contribution in [0.2, 0.25) is 0 Å². The Bertz CT molecular complexity index is 528. The predicted molar refractivity (Wildman–Crippen MR) is 93.7 cm³/mol. The lowest BCUT2D eigenvalue weighted by Gasteiger charge is -2.22. The molecule has 0 N–H and O–H groups in total. The minimum Gasteiger partial charge on any atom is -0.493 e. The first-order valence-electron chi connectivity index (χ1n) is 8.07. The Hall–Kier alpha value is -1.02. The fourth-order valence-corrected chi connectivity index (χ4v) is 3.76. The Morgan fingerprint density at radius 2 is 2.05 bits per heavy atom. The van der Waals surface area contributed by atoms with Crippen LogP contribution in [-0.4, -0.2) is 6.61 Å². The smallest absolute Gasteiger partial charge is 0.123 e. The van der Waals surface area contributed by atoms with Gasteiger partial charge < -0.3 is 4.74 Å². The van der Waals surface area contributed by atoms with E-state index in [1.165, 1.54) is 21.7 Å². The lowest BCUT2D eigenvalue weighted by Crippen LogP contribution is -2.08. The number of thiophene rings is 1. The molecule has 116 valence electrons. The molecule has 1 aromatic heterocycles. The Balaban J connectivity index is 2.30. The molecular weight excluding hydrogens is 276 g/mol. The zero-order valence-electron chi connectivity index (χ0n) is 14.0. The van der Waals surface area contributed by atoms with Gasteiger partial charge in [-0.05, 0) is 42.4 Å². The molecular formula is C19H28OS. The van der Waals surface area contributed by atoms with Crippen LogP contribution >= 0.6 is 11.3 Å². The van der Waals surface area contributed by atoms with Crippen LogP contribution in [0.1, 0.15) is 63.6 Å². The standard InChI is InChI=1S/C19H28OS/c1-6-7-13-20-15-10-8-9-14(2)18(15)16-11-12-17(21-16)19(3,4)5/h8,10-12,14H,6-7,9,13H2,1-5H3. The molecule has 1 aliphatic carbocycles. The largest absolute Gasteiger partial charge is 0.493 e. The van der Waals surface area contributed by atoms with E-state index in [9.17, 15) is 0 Å². The molecule has 1 aliphatic rings. The van der Waals surface area contributed by atoms with Crippen molar-refractivity contribution in [3.8, 4) is 0 Å². The van der Waals surface area contributed by atoms with E-state index in [2.05, 4.69) is 58.9 Å². The summed E-state index contributed by atoms with van der Waals surface area (Å²) >= 11 is 1.92. The van der Waals surface area contributed by atoms with Crippen molar-refractivity contribution in [1.82, 2.24) is 0 Å². The summed E-state index contributed by atoms with van der Waals surface area (Å²) < 4.78 is 6.06. The predicted octanol–water partition coefficient (Wildman–Crippen LogP) is 6.17. The van der Waals surface area contributed by atoms with Crippen LogP contribution in [0.5, 0.6) is 0 Å². The molecule has 2 heteroatoms. The highest BCUT2D eigenvalue weighted by molar-refractivity contribution is 7.13. The summed E-state index contributed by atoms with van der Waals surface area (Å²) in [6.07, 6.45) is 7.82. The van der Waals surface area contributed by atoms with Crippen molar-refractivity contribution < 1.29 is 4.74 Å². The highest BCUT2D eigenvalue weighted by Crippen LogP contribution is 2.40. The molecule has 0 radical (unpaired) electrons. The number of ether oxygens (including phenoxy) is 1. The Morgan fingerprint density at radius 1 is 1.29 bits per heavy atom. The van der Waals surface area contributed by atoms with E-state index in [0.29, 0.717) is 5.92 Å². The summed E-state index contributed by atoms with van der Waals surface area (Å²) in [5.74, 6) is 1.63. The van der Waals surface area contributed by atoms with E-state index in [1.807, 2.05) is 11.3 Å². The first kappa shape index (κ1) is 16.4. The van der Waals surface area contributed by atoms with Crippen LogP contribution in [0.4, 0.5) is 0 Å². The molecule has 1 unspecified atom stereocenters. The Kier molecular flexibility index (Phi) is 5.32. The van der Waals surface area contributed by atoms with E-state index >= 15 is 0 Å². The van der Waals surface area contributed by atoms with Gasteiger partial charge in [0, 0.05) is 15.3 Å². The van der Waals surface area contributed by atoms with E-state index in [-0.39, 0.29) is 5.41 Å². The van der Waals surface area contributed by atoms with Crippen molar-refractivity contribution in [2.24, 2.45) is 5.92 Å². The molecule has 0 amide bonds. The zero-order valence-corrected chi connectivity index (χ0v) is 14.8. The van der Waals surface area contributed by atoms with E-state index < -0.39 is 0 Å². The minimum absolute atomic E-state index is 0.223. The van der Waals surface area contributed by atoms with E-state index in [4.69, 9.17) is 4.74 Å². The van der Waals surface area contributed by atoms with Gasteiger partial charge in [-0.3, -0.25) is 0 Å². The summed E-state index contributed by atoms with van der Waals surface area (Å²) in [7, 11) is 0. The van der Waals surface area contributed by atoms with Crippen molar-refractivity contribution >= 4 is 16.9 Å². The summed E-state index contributed by atoms with van der Waals surface area (Å²) in [6.45, 7) is 12.2. The second kappa shape index (κ2) is 6.83. The molecule has 21 heavy (non-hydrogen) atoms. The third-order valence-electron chi connectivity index (χ3n) is 3.88. The topological polar surface area (TPSA) is 9.23 Å². The maximum absolute atomic E-state index is 6.06. The lowest BCUT2D eigenvalue weighted by atomic mass is 9.91. The van der Waals surface area contributed by atoms with Crippen molar-refractivity contribution in [3.63, 3.8) is 0 Å². The quantitative estimate of drug-likeness (QED) is 0.591. The molecule has 0 saturated heterocycles. The first-order chi connectivity index (χ1) is 9.93. The average molecular weight is 304 g/mol. The fraction of sp³-hybridized carbons (Fsp3) is 0.579. The lowest BCUT2D eigenvalue weighted by molar-refractivity contribution is 0.218. The Labute approximate surface area is 133 Å². The van der Waals surface area contributed by atoms with Gasteiger partial charge in [0.2, 0.25) is 0 Å². The summed E-state index contributed by atoms with van der Waals surface area (Å²) in [5.41, 5.74) is 1.62. The van der Waals surface area contributed by atoms with Gasteiger partial charge in [-0.1, -0.05) is 47.1 Å².